The molecule has 5 nitrogen and oxygen atoms in total. The van der Waals surface area contributed by atoms with E-state index in [0.717, 1.165) is 11.1 Å². The minimum atomic E-state index is -0.326. The maximum atomic E-state index is 12.2. The molecule has 1 N–H and O–H groups in total. The molecule has 0 radical (unpaired) electrons. The molecule has 3 aromatic rings. The molecule has 1 heterocycles. The normalized spacial score (nSPS) is 10.4. The van der Waals surface area contributed by atoms with Crippen molar-refractivity contribution in [1.29, 1.82) is 0 Å². The number of carbonyl (C=O) groups excluding carboxylic acids is 1. The number of rotatable bonds is 5. The van der Waals surface area contributed by atoms with Crippen molar-refractivity contribution in [2.24, 2.45) is 0 Å². The predicted molar refractivity (Wildman–Crippen MR) is 97.2 cm³/mol. The first kappa shape index (κ1) is 16.9. The fourth-order valence-electron chi connectivity index (χ4n) is 2.37. The average molecular weight is 354 g/mol. The molecule has 0 fully saturated rings. The highest BCUT2D eigenvalue weighted by molar-refractivity contribution is 6.31. The van der Waals surface area contributed by atoms with Crippen molar-refractivity contribution in [3.8, 4) is 11.3 Å². The molecule has 0 saturated carbocycles. The Morgan fingerprint density at radius 1 is 1.08 bits per heavy atom. The van der Waals surface area contributed by atoms with Gasteiger partial charge in [-0.15, -0.1) is 0 Å². The molecular formula is C19H16ClN3O2. The summed E-state index contributed by atoms with van der Waals surface area (Å²) in [5.41, 5.74) is 2.02. The van der Waals surface area contributed by atoms with Crippen LogP contribution in [-0.2, 0) is 17.9 Å². The van der Waals surface area contributed by atoms with Gasteiger partial charge in [-0.2, -0.15) is 0 Å². The van der Waals surface area contributed by atoms with Gasteiger partial charge in [-0.1, -0.05) is 60.1 Å². The van der Waals surface area contributed by atoms with Crippen molar-refractivity contribution in [2.75, 3.05) is 0 Å². The lowest BCUT2D eigenvalue weighted by molar-refractivity contribution is -0.121. The second kappa shape index (κ2) is 7.77. The fourth-order valence-corrected chi connectivity index (χ4v) is 2.57. The molecule has 0 bridgehead atoms. The van der Waals surface area contributed by atoms with Crippen molar-refractivity contribution >= 4 is 17.5 Å². The molecule has 1 aromatic heterocycles. The summed E-state index contributed by atoms with van der Waals surface area (Å²) < 4.78 is 1.34. The van der Waals surface area contributed by atoms with E-state index < -0.39 is 0 Å². The summed E-state index contributed by atoms with van der Waals surface area (Å²) in [6.45, 7) is 0.232. The second-order valence-corrected chi connectivity index (χ2v) is 5.88. The Bertz CT molecular complexity index is 939. The molecule has 0 saturated heterocycles. The van der Waals surface area contributed by atoms with Gasteiger partial charge in [0.05, 0.1) is 11.9 Å². The minimum Gasteiger partial charge on any atom is -0.350 e. The highest BCUT2D eigenvalue weighted by Crippen LogP contribution is 2.15. The Kier molecular flexibility index (Phi) is 5.26. The van der Waals surface area contributed by atoms with E-state index in [1.807, 2.05) is 48.5 Å². The minimum absolute atomic E-state index is 0.0777. The molecule has 25 heavy (non-hydrogen) atoms. The number of hydrogen-bond acceptors (Lipinski definition) is 3. The van der Waals surface area contributed by atoms with Gasteiger partial charge in [-0.3, -0.25) is 9.59 Å². The molecule has 0 aliphatic rings. The van der Waals surface area contributed by atoms with E-state index in [1.54, 1.807) is 12.3 Å². The summed E-state index contributed by atoms with van der Waals surface area (Å²) in [4.78, 5) is 28.3. The van der Waals surface area contributed by atoms with Crippen molar-refractivity contribution in [3.05, 3.63) is 87.9 Å². The van der Waals surface area contributed by atoms with Crippen molar-refractivity contribution < 1.29 is 4.79 Å². The molecule has 126 valence electrons. The van der Waals surface area contributed by atoms with E-state index in [9.17, 15) is 9.59 Å². The summed E-state index contributed by atoms with van der Waals surface area (Å²) in [6.07, 6.45) is 2.82. The Labute approximate surface area is 149 Å². The van der Waals surface area contributed by atoms with E-state index in [0.29, 0.717) is 17.3 Å². The van der Waals surface area contributed by atoms with Crippen LogP contribution in [0, 0.1) is 0 Å². The lowest BCUT2D eigenvalue weighted by Crippen LogP contribution is -2.32. The Balaban J connectivity index is 1.71. The van der Waals surface area contributed by atoms with E-state index in [2.05, 4.69) is 10.3 Å². The van der Waals surface area contributed by atoms with Crippen LogP contribution >= 0.6 is 11.6 Å². The largest absolute Gasteiger partial charge is 0.350 e. The van der Waals surface area contributed by atoms with Gasteiger partial charge in [0, 0.05) is 23.3 Å². The number of benzene rings is 2. The Morgan fingerprint density at radius 3 is 2.56 bits per heavy atom. The van der Waals surface area contributed by atoms with E-state index in [-0.39, 0.29) is 18.0 Å². The highest BCUT2D eigenvalue weighted by atomic mass is 35.5. The van der Waals surface area contributed by atoms with Crippen LogP contribution < -0.4 is 10.9 Å². The number of hydrogen-bond donors (Lipinski definition) is 1. The van der Waals surface area contributed by atoms with Crippen LogP contribution in [0.15, 0.2) is 71.8 Å². The quantitative estimate of drug-likeness (QED) is 0.767. The molecule has 1 amide bonds. The van der Waals surface area contributed by atoms with Crippen LogP contribution in [0.3, 0.4) is 0 Å². The van der Waals surface area contributed by atoms with Gasteiger partial charge in [-0.25, -0.2) is 4.98 Å². The summed E-state index contributed by atoms with van der Waals surface area (Å²) in [5, 5.41) is 3.36. The summed E-state index contributed by atoms with van der Waals surface area (Å²) in [5.74, 6) is -0.271. The third-order valence-corrected chi connectivity index (χ3v) is 4.06. The van der Waals surface area contributed by atoms with Gasteiger partial charge in [0.2, 0.25) is 5.91 Å². The van der Waals surface area contributed by atoms with Crippen LogP contribution in [0.2, 0.25) is 5.02 Å². The predicted octanol–water partition coefficient (Wildman–Crippen LogP) is 2.88. The number of nitrogens with zero attached hydrogens (tertiary/aromatic N) is 2. The van der Waals surface area contributed by atoms with Gasteiger partial charge < -0.3 is 9.88 Å². The first-order valence-corrected chi connectivity index (χ1v) is 8.13. The number of aromatic nitrogens is 2. The van der Waals surface area contributed by atoms with Crippen LogP contribution in [0.4, 0.5) is 0 Å². The summed E-state index contributed by atoms with van der Waals surface area (Å²) in [7, 11) is 0. The Morgan fingerprint density at radius 2 is 1.80 bits per heavy atom. The lowest BCUT2D eigenvalue weighted by Gasteiger charge is -2.09. The van der Waals surface area contributed by atoms with Gasteiger partial charge in [-0.05, 0) is 11.6 Å². The smallest absolute Gasteiger partial charge is 0.269 e. The maximum absolute atomic E-state index is 12.2. The lowest BCUT2D eigenvalue weighted by atomic mass is 10.2. The fraction of sp³-hybridized carbons (Fsp3) is 0.105. The maximum Gasteiger partial charge on any atom is 0.269 e. The zero-order valence-electron chi connectivity index (χ0n) is 13.4. The van der Waals surface area contributed by atoms with Crippen molar-refractivity contribution in [3.63, 3.8) is 0 Å². The molecule has 0 aliphatic carbocycles. The topological polar surface area (TPSA) is 64.0 Å². The average Bonchev–Trinajstić information content (AvgIpc) is 2.63. The van der Waals surface area contributed by atoms with Gasteiger partial charge >= 0.3 is 0 Å². The SMILES string of the molecule is O=C(Cn1cc(-c2ccccc2)ncc1=O)NCc1ccccc1Cl. The second-order valence-electron chi connectivity index (χ2n) is 5.47. The van der Waals surface area contributed by atoms with Crippen molar-refractivity contribution in [2.45, 2.75) is 13.1 Å². The molecular weight excluding hydrogens is 338 g/mol. The van der Waals surface area contributed by atoms with Crippen LogP contribution in [-0.4, -0.2) is 15.5 Å². The first-order chi connectivity index (χ1) is 12.1. The van der Waals surface area contributed by atoms with Gasteiger partial charge in [0.15, 0.2) is 0 Å². The molecule has 0 atom stereocenters. The highest BCUT2D eigenvalue weighted by Gasteiger charge is 2.08. The molecule has 6 heteroatoms. The zero-order chi connectivity index (χ0) is 17.6. The molecule has 0 unspecified atom stereocenters. The van der Waals surface area contributed by atoms with Gasteiger partial charge in [0.25, 0.3) is 5.56 Å². The molecule has 0 aliphatic heterocycles. The first-order valence-electron chi connectivity index (χ1n) is 7.75. The van der Waals surface area contributed by atoms with E-state index in [4.69, 9.17) is 11.6 Å². The number of halogens is 1. The zero-order valence-corrected chi connectivity index (χ0v) is 14.1. The number of amides is 1. The van der Waals surface area contributed by atoms with Crippen LogP contribution in [0.5, 0.6) is 0 Å². The van der Waals surface area contributed by atoms with E-state index in [1.165, 1.54) is 10.8 Å². The molecule has 0 spiro atoms. The summed E-state index contributed by atoms with van der Waals surface area (Å²) in [6, 6.07) is 16.8. The van der Waals surface area contributed by atoms with Crippen LogP contribution in [0.25, 0.3) is 11.3 Å². The molecule has 3 rings (SSSR count). The van der Waals surface area contributed by atoms with E-state index >= 15 is 0 Å². The van der Waals surface area contributed by atoms with Crippen molar-refractivity contribution in [1.82, 2.24) is 14.9 Å². The third-order valence-electron chi connectivity index (χ3n) is 3.69. The monoisotopic (exact) mass is 353 g/mol. The number of carbonyl (C=O) groups is 1. The number of nitrogens with one attached hydrogen (secondary N) is 1. The third kappa shape index (κ3) is 4.33. The standard InChI is InChI=1S/C19H16ClN3O2/c20-16-9-5-4-8-15(16)10-22-18(24)13-23-12-17(21-11-19(23)25)14-6-2-1-3-7-14/h1-9,11-12H,10,13H2,(H,22,24). The Hall–Kier alpha value is -2.92. The molecule has 2 aromatic carbocycles. The summed E-state index contributed by atoms with van der Waals surface area (Å²) >= 11 is 6.07. The van der Waals surface area contributed by atoms with Gasteiger partial charge in [0.1, 0.15) is 6.54 Å². The van der Waals surface area contributed by atoms with Crippen LogP contribution in [0.1, 0.15) is 5.56 Å².